The van der Waals surface area contributed by atoms with Crippen LogP contribution in [-0.4, -0.2) is 35.0 Å². The van der Waals surface area contributed by atoms with Crippen LogP contribution in [0, 0.1) is 13.8 Å². The molecule has 0 bridgehead atoms. The van der Waals surface area contributed by atoms with E-state index >= 15 is 0 Å². The van der Waals surface area contributed by atoms with Gasteiger partial charge >= 0.3 is 0 Å². The van der Waals surface area contributed by atoms with Crippen LogP contribution in [0.4, 0.5) is 17.3 Å². The molecular weight excluding hydrogens is 314 g/mol. The number of carbonyl (C=O) groups is 1. The molecule has 0 radical (unpaired) electrons. The van der Waals surface area contributed by atoms with Gasteiger partial charge in [0.05, 0.1) is 11.9 Å². The average molecular weight is 337 g/mol. The lowest BCUT2D eigenvalue weighted by atomic mass is 10.2. The molecule has 6 nitrogen and oxygen atoms in total. The first kappa shape index (κ1) is 17.0. The van der Waals surface area contributed by atoms with Crippen LogP contribution in [-0.2, 0) is 4.79 Å². The van der Waals surface area contributed by atoms with Crippen molar-refractivity contribution in [3.63, 3.8) is 0 Å². The number of hydrogen-bond donors (Lipinski definition) is 2. The Balaban J connectivity index is 1.73. The van der Waals surface area contributed by atoms with E-state index in [9.17, 15) is 4.79 Å². The minimum atomic E-state index is -0.127. The predicted molar refractivity (Wildman–Crippen MR) is 100 cm³/mol. The van der Waals surface area contributed by atoms with E-state index in [0.717, 1.165) is 48.0 Å². The molecule has 2 N–H and O–H groups in total. The van der Waals surface area contributed by atoms with Crippen molar-refractivity contribution >= 4 is 23.2 Å². The lowest BCUT2D eigenvalue weighted by Gasteiger charge is -2.19. The molecule has 1 amide bonds. The number of rotatable bonds is 5. The topological polar surface area (TPSA) is 70.2 Å². The second-order valence-corrected chi connectivity index (χ2v) is 6.36. The van der Waals surface area contributed by atoms with Crippen molar-refractivity contribution < 1.29 is 4.79 Å². The lowest BCUT2D eigenvalue weighted by Crippen LogP contribution is -2.36. The molecule has 0 aromatic carbocycles. The average Bonchev–Trinajstić information content (AvgIpc) is 3.05. The summed E-state index contributed by atoms with van der Waals surface area (Å²) in [5.41, 5.74) is 3.09. The monoisotopic (exact) mass is 337 g/mol. The molecule has 2 aromatic heterocycles. The van der Waals surface area contributed by atoms with E-state index in [1.54, 1.807) is 6.20 Å². The zero-order valence-corrected chi connectivity index (χ0v) is 14.6. The van der Waals surface area contributed by atoms with Gasteiger partial charge in [0.15, 0.2) is 0 Å². The highest BCUT2D eigenvalue weighted by molar-refractivity contribution is 5.87. The van der Waals surface area contributed by atoms with Crippen LogP contribution in [0.15, 0.2) is 43.2 Å². The van der Waals surface area contributed by atoms with Crippen molar-refractivity contribution in [3.8, 4) is 0 Å². The van der Waals surface area contributed by atoms with Crippen LogP contribution in [0.25, 0.3) is 0 Å². The van der Waals surface area contributed by atoms with E-state index in [1.165, 1.54) is 6.08 Å². The summed E-state index contributed by atoms with van der Waals surface area (Å²) in [6.45, 7) is 9.15. The minimum Gasteiger partial charge on any atom is -0.354 e. The minimum absolute atomic E-state index is 0.127. The maximum absolute atomic E-state index is 11.5. The second-order valence-electron chi connectivity index (χ2n) is 6.36. The van der Waals surface area contributed by atoms with E-state index < -0.39 is 0 Å². The van der Waals surface area contributed by atoms with Gasteiger partial charge in [-0.2, -0.15) is 0 Å². The van der Waals surface area contributed by atoms with Crippen molar-refractivity contribution in [1.82, 2.24) is 15.3 Å². The van der Waals surface area contributed by atoms with E-state index in [1.807, 2.05) is 32.2 Å². The zero-order valence-electron chi connectivity index (χ0n) is 14.6. The summed E-state index contributed by atoms with van der Waals surface area (Å²) < 4.78 is 0. The number of amides is 1. The molecule has 6 heteroatoms. The molecule has 25 heavy (non-hydrogen) atoms. The fourth-order valence-electron chi connectivity index (χ4n) is 2.93. The Morgan fingerprint density at radius 1 is 1.36 bits per heavy atom. The van der Waals surface area contributed by atoms with Gasteiger partial charge < -0.3 is 15.5 Å². The quantitative estimate of drug-likeness (QED) is 0.821. The van der Waals surface area contributed by atoms with Crippen molar-refractivity contribution in [2.24, 2.45) is 0 Å². The molecule has 3 rings (SSSR count). The summed E-state index contributed by atoms with van der Waals surface area (Å²) in [5, 5.41) is 6.30. The van der Waals surface area contributed by atoms with Gasteiger partial charge in [0.2, 0.25) is 5.91 Å². The molecule has 0 spiro atoms. The number of pyridine rings is 2. The van der Waals surface area contributed by atoms with Gasteiger partial charge in [0.1, 0.15) is 11.6 Å². The normalized spacial score (nSPS) is 16.6. The van der Waals surface area contributed by atoms with Gasteiger partial charge in [-0.25, -0.2) is 4.98 Å². The van der Waals surface area contributed by atoms with Gasteiger partial charge in [-0.3, -0.25) is 9.78 Å². The fourth-order valence-corrected chi connectivity index (χ4v) is 2.93. The highest BCUT2D eigenvalue weighted by Crippen LogP contribution is 2.24. The molecule has 1 fully saturated rings. The van der Waals surface area contributed by atoms with Crippen LogP contribution in [0.2, 0.25) is 0 Å². The Labute approximate surface area is 148 Å². The van der Waals surface area contributed by atoms with Crippen LogP contribution in [0.3, 0.4) is 0 Å². The largest absolute Gasteiger partial charge is 0.354 e. The number of nitrogens with zero attached hydrogens (tertiary/aromatic N) is 3. The first-order valence-electron chi connectivity index (χ1n) is 8.39. The third-order valence-corrected chi connectivity index (χ3v) is 4.26. The lowest BCUT2D eigenvalue weighted by molar-refractivity contribution is -0.117. The van der Waals surface area contributed by atoms with E-state index in [0.29, 0.717) is 0 Å². The fraction of sp³-hybridized carbons (Fsp3) is 0.316. The molecule has 130 valence electrons. The van der Waals surface area contributed by atoms with Crippen LogP contribution < -0.4 is 15.5 Å². The Kier molecular flexibility index (Phi) is 4.97. The van der Waals surface area contributed by atoms with Gasteiger partial charge in [-0.15, -0.1) is 0 Å². The first-order valence-corrected chi connectivity index (χ1v) is 8.39. The molecule has 1 unspecified atom stereocenters. The maximum atomic E-state index is 11.5. The standard InChI is InChI=1S/C19H23N5O/c1-4-18(25)21-15-7-8-24(12-15)17-6-5-14(3)19(23-17)22-16-9-13(2)10-20-11-16/h4-6,9-11,15H,1,7-8,12H2,2-3H3,(H,21,25)(H,22,23). The third kappa shape index (κ3) is 4.15. The molecule has 1 aliphatic rings. The maximum Gasteiger partial charge on any atom is 0.243 e. The molecule has 1 saturated heterocycles. The van der Waals surface area contributed by atoms with Crippen LogP contribution in [0.1, 0.15) is 17.5 Å². The number of hydrogen-bond acceptors (Lipinski definition) is 5. The number of carbonyl (C=O) groups excluding carboxylic acids is 1. The Bertz CT molecular complexity index is 789. The van der Waals surface area contributed by atoms with Crippen molar-refractivity contribution in [1.29, 1.82) is 0 Å². The molecular formula is C19H23N5O. The molecule has 1 aliphatic heterocycles. The molecule has 3 heterocycles. The summed E-state index contributed by atoms with van der Waals surface area (Å²) in [6, 6.07) is 6.25. The number of aryl methyl sites for hydroxylation is 2. The van der Waals surface area contributed by atoms with E-state index in [2.05, 4.69) is 33.2 Å². The van der Waals surface area contributed by atoms with Crippen molar-refractivity contribution in [2.45, 2.75) is 26.3 Å². The zero-order chi connectivity index (χ0) is 17.8. The molecule has 1 atom stereocenters. The predicted octanol–water partition coefficient (Wildman–Crippen LogP) is 2.72. The molecule has 0 saturated carbocycles. The highest BCUT2D eigenvalue weighted by atomic mass is 16.1. The van der Waals surface area contributed by atoms with Gasteiger partial charge in [-0.1, -0.05) is 12.6 Å². The van der Waals surface area contributed by atoms with Gasteiger partial charge in [0.25, 0.3) is 0 Å². The van der Waals surface area contributed by atoms with Crippen LogP contribution >= 0.6 is 0 Å². The second kappa shape index (κ2) is 7.34. The smallest absolute Gasteiger partial charge is 0.243 e. The summed E-state index contributed by atoms with van der Waals surface area (Å²) in [6.07, 6.45) is 5.83. The van der Waals surface area contributed by atoms with E-state index in [4.69, 9.17) is 4.98 Å². The summed E-state index contributed by atoms with van der Waals surface area (Å²) >= 11 is 0. The number of anilines is 3. The van der Waals surface area contributed by atoms with Crippen molar-refractivity contribution in [3.05, 3.63) is 54.4 Å². The van der Waals surface area contributed by atoms with Crippen molar-refractivity contribution in [2.75, 3.05) is 23.3 Å². The van der Waals surface area contributed by atoms with Gasteiger partial charge in [0, 0.05) is 25.3 Å². The molecule has 2 aromatic rings. The first-order chi connectivity index (χ1) is 12.0. The number of aromatic nitrogens is 2. The Morgan fingerprint density at radius 3 is 2.96 bits per heavy atom. The third-order valence-electron chi connectivity index (χ3n) is 4.26. The summed E-state index contributed by atoms with van der Waals surface area (Å²) in [5.74, 6) is 1.60. The van der Waals surface area contributed by atoms with Crippen LogP contribution in [0.5, 0.6) is 0 Å². The Morgan fingerprint density at radius 2 is 2.20 bits per heavy atom. The molecule has 0 aliphatic carbocycles. The van der Waals surface area contributed by atoms with Gasteiger partial charge in [-0.05, 0) is 49.6 Å². The van der Waals surface area contributed by atoms with E-state index in [-0.39, 0.29) is 11.9 Å². The highest BCUT2D eigenvalue weighted by Gasteiger charge is 2.24. The summed E-state index contributed by atoms with van der Waals surface area (Å²) in [4.78, 5) is 22.6. The Hall–Kier alpha value is -2.89. The SMILES string of the molecule is C=CC(=O)NC1CCN(c2ccc(C)c(Nc3cncc(C)c3)n2)C1. The summed E-state index contributed by atoms with van der Waals surface area (Å²) in [7, 11) is 0. The number of nitrogens with one attached hydrogen (secondary N) is 2.